The molecule has 4 aliphatic rings. The van der Waals surface area contributed by atoms with E-state index in [1.165, 1.54) is 19.3 Å². The molecule has 5 atom stereocenters. The van der Waals surface area contributed by atoms with E-state index in [1.54, 1.807) is 6.08 Å². The standard InChI is InChI=1S/C17H20O2/c18-11-5-7-14-13-6-4-10-2-1-3-12(10)15(13)9-17(19)16(14)8-11/h1-2,8,10,12-15H,3-7,9H2. The van der Waals surface area contributed by atoms with Crippen molar-refractivity contribution < 1.29 is 9.59 Å². The monoisotopic (exact) mass is 256 g/mol. The summed E-state index contributed by atoms with van der Waals surface area (Å²) in [5.41, 5.74) is 0.877. The summed E-state index contributed by atoms with van der Waals surface area (Å²) in [7, 11) is 0. The van der Waals surface area contributed by atoms with Gasteiger partial charge in [0.05, 0.1) is 0 Å². The van der Waals surface area contributed by atoms with Gasteiger partial charge in [0, 0.05) is 18.4 Å². The minimum Gasteiger partial charge on any atom is -0.295 e. The van der Waals surface area contributed by atoms with Crippen molar-refractivity contribution in [2.45, 2.75) is 38.5 Å². The van der Waals surface area contributed by atoms with E-state index in [2.05, 4.69) is 12.2 Å². The molecule has 0 heterocycles. The third-order valence-electron chi connectivity index (χ3n) is 5.95. The van der Waals surface area contributed by atoms with Crippen LogP contribution in [0.3, 0.4) is 0 Å². The highest BCUT2D eigenvalue weighted by molar-refractivity contribution is 6.05. The second-order valence-electron chi connectivity index (χ2n) is 6.74. The summed E-state index contributed by atoms with van der Waals surface area (Å²) in [6.07, 6.45) is 12.3. The SMILES string of the molecule is O=C1C=C2C(=O)CC3C4CC=CC4CCC3C2CC1. The van der Waals surface area contributed by atoms with E-state index < -0.39 is 0 Å². The fourth-order valence-corrected chi connectivity index (χ4v) is 5.12. The van der Waals surface area contributed by atoms with Crippen LogP contribution in [0.1, 0.15) is 38.5 Å². The smallest absolute Gasteiger partial charge is 0.159 e. The molecule has 100 valence electrons. The second-order valence-corrected chi connectivity index (χ2v) is 6.74. The Bertz CT molecular complexity index is 499. The summed E-state index contributed by atoms with van der Waals surface area (Å²) in [5, 5.41) is 0. The molecular weight excluding hydrogens is 236 g/mol. The first-order valence-electron chi connectivity index (χ1n) is 7.68. The number of Topliss-reactive ketones (excluding diaryl/α,β-unsaturated/α-hetero) is 1. The minimum absolute atomic E-state index is 0.161. The molecular formula is C17H20O2. The maximum atomic E-state index is 12.4. The molecule has 0 N–H and O–H groups in total. The van der Waals surface area contributed by atoms with Crippen LogP contribution in [0.2, 0.25) is 0 Å². The Labute approximate surface area is 113 Å². The highest BCUT2D eigenvalue weighted by Gasteiger charge is 2.48. The lowest BCUT2D eigenvalue weighted by atomic mass is 9.56. The number of allylic oxidation sites excluding steroid dienone is 4. The highest BCUT2D eigenvalue weighted by Crippen LogP contribution is 2.54. The molecule has 0 aromatic heterocycles. The van der Waals surface area contributed by atoms with E-state index in [1.807, 2.05) is 0 Å². The zero-order chi connectivity index (χ0) is 13.0. The lowest BCUT2D eigenvalue weighted by Gasteiger charge is -2.48. The van der Waals surface area contributed by atoms with E-state index in [4.69, 9.17) is 0 Å². The molecule has 19 heavy (non-hydrogen) atoms. The number of hydrogen-bond donors (Lipinski definition) is 0. The van der Waals surface area contributed by atoms with E-state index in [9.17, 15) is 9.59 Å². The first kappa shape index (κ1) is 11.6. The van der Waals surface area contributed by atoms with Crippen molar-refractivity contribution in [3.05, 3.63) is 23.8 Å². The zero-order valence-electron chi connectivity index (χ0n) is 11.2. The van der Waals surface area contributed by atoms with Gasteiger partial charge in [0.15, 0.2) is 11.6 Å². The summed E-state index contributed by atoms with van der Waals surface area (Å²) >= 11 is 0. The molecule has 2 saturated carbocycles. The van der Waals surface area contributed by atoms with Gasteiger partial charge in [0.1, 0.15) is 0 Å². The van der Waals surface area contributed by atoms with E-state index in [0.717, 1.165) is 17.9 Å². The zero-order valence-corrected chi connectivity index (χ0v) is 11.2. The van der Waals surface area contributed by atoms with Crippen LogP contribution in [0.5, 0.6) is 0 Å². The molecule has 0 aliphatic heterocycles. The Morgan fingerprint density at radius 1 is 1.00 bits per heavy atom. The first-order chi connectivity index (χ1) is 9.24. The normalized spacial score (nSPS) is 44.4. The van der Waals surface area contributed by atoms with Crippen molar-refractivity contribution in [3.63, 3.8) is 0 Å². The van der Waals surface area contributed by atoms with Gasteiger partial charge in [-0.3, -0.25) is 9.59 Å². The van der Waals surface area contributed by atoms with Crippen molar-refractivity contribution in [3.8, 4) is 0 Å². The summed E-state index contributed by atoms with van der Waals surface area (Å²) in [6.45, 7) is 0. The van der Waals surface area contributed by atoms with Crippen LogP contribution in [-0.4, -0.2) is 11.6 Å². The maximum absolute atomic E-state index is 12.4. The lowest BCUT2D eigenvalue weighted by molar-refractivity contribution is -0.124. The predicted octanol–water partition coefficient (Wildman–Crippen LogP) is 3.08. The molecule has 0 aromatic carbocycles. The summed E-state index contributed by atoms with van der Waals surface area (Å²) < 4.78 is 0. The predicted molar refractivity (Wildman–Crippen MR) is 72.4 cm³/mol. The molecule has 0 saturated heterocycles. The highest BCUT2D eigenvalue weighted by atomic mass is 16.1. The maximum Gasteiger partial charge on any atom is 0.159 e. The van der Waals surface area contributed by atoms with Crippen LogP contribution in [0.25, 0.3) is 0 Å². The van der Waals surface area contributed by atoms with Crippen molar-refractivity contribution in [2.24, 2.45) is 29.6 Å². The number of carbonyl (C=O) groups is 2. The van der Waals surface area contributed by atoms with Gasteiger partial charge in [-0.25, -0.2) is 0 Å². The van der Waals surface area contributed by atoms with Crippen LogP contribution < -0.4 is 0 Å². The largest absolute Gasteiger partial charge is 0.295 e. The van der Waals surface area contributed by atoms with Gasteiger partial charge >= 0.3 is 0 Å². The van der Waals surface area contributed by atoms with Gasteiger partial charge in [0.2, 0.25) is 0 Å². The number of rotatable bonds is 0. The third kappa shape index (κ3) is 1.69. The molecule has 0 amide bonds. The van der Waals surface area contributed by atoms with Crippen LogP contribution in [0, 0.1) is 29.6 Å². The first-order valence-corrected chi connectivity index (χ1v) is 7.68. The lowest BCUT2D eigenvalue weighted by Crippen LogP contribution is -2.44. The van der Waals surface area contributed by atoms with E-state index in [-0.39, 0.29) is 11.6 Å². The van der Waals surface area contributed by atoms with Crippen molar-refractivity contribution in [2.75, 3.05) is 0 Å². The van der Waals surface area contributed by atoms with Gasteiger partial charge in [0.25, 0.3) is 0 Å². The second kappa shape index (κ2) is 4.16. The topological polar surface area (TPSA) is 34.1 Å². The van der Waals surface area contributed by atoms with Crippen LogP contribution in [0.4, 0.5) is 0 Å². The number of fused-ring (bicyclic) bond motifs is 5. The average molecular weight is 256 g/mol. The van der Waals surface area contributed by atoms with Crippen molar-refractivity contribution in [1.29, 1.82) is 0 Å². The Balaban J connectivity index is 1.68. The summed E-state index contributed by atoms with van der Waals surface area (Å²) in [4.78, 5) is 23.9. The van der Waals surface area contributed by atoms with Crippen LogP contribution in [0.15, 0.2) is 23.8 Å². The molecule has 4 aliphatic carbocycles. The minimum atomic E-state index is 0.161. The van der Waals surface area contributed by atoms with E-state index >= 15 is 0 Å². The molecule has 0 bridgehead atoms. The number of carbonyl (C=O) groups excluding carboxylic acids is 2. The summed E-state index contributed by atoms with van der Waals surface area (Å²) in [6, 6.07) is 0. The Morgan fingerprint density at radius 2 is 1.89 bits per heavy atom. The van der Waals surface area contributed by atoms with Gasteiger partial charge in [-0.05, 0) is 61.3 Å². The van der Waals surface area contributed by atoms with E-state index in [0.29, 0.717) is 36.5 Å². The van der Waals surface area contributed by atoms with Crippen molar-refractivity contribution in [1.82, 2.24) is 0 Å². The number of hydrogen-bond acceptors (Lipinski definition) is 2. The van der Waals surface area contributed by atoms with Crippen molar-refractivity contribution >= 4 is 11.6 Å². The molecule has 2 fully saturated rings. The molecule has 0 radical (unpaired) electrons. The third-order valence-corrected chi connectivity index (χ3v) is 5.95. The molecule has 0 spiro atoms. The average Bonchev–Trinajstić information content (AvgIpc) is 2.88. The van der Waals surface area contributed by atoms with Gasteiger partial charge < -0.3 is 0 Å². The molecule has 0 aromatic rings. The molecule has 2 heteroatoms. The molecule has 2 nitrogen and oxygen atoms in total. The molecule has 4 rings (SSSR count). The Kier molecular flexibility index (Phi) is 2.54. The Morgan fingerprint density at radius 3 is 2.79 bits per heavy atom. The van der Waals surface area contributed by atoms with Crippen LogP contribution in [-0.2, 0) is 9.59 Å². The number of ketones is 2. The Hall–Kier alpha value is -1.18. The van der Waals surface area contributed by atoms with Gasteiger partial charge in [-0.15, -0.1) is 0 Å². The summed E-state index contributed by atoms with van der Waals surface area (Å²) in [5.74, 6) is 3.51. The molecule has 5 unspecified atom stereocenters. The fraction of sp³-hybridized carbons (Fsp3) is 0.647. The van der Waals surface area contributed by atoms with Gasteiger partial charge in [-0.1, -0.05) is 12.2 Å². The van der Waals surface area contributed by atoms with Crippen LogP contribution >= 0.6 is 0 Å². The van der Waals surface area contributed by atoms with Gasteiger partial charge in [-0.2, -0.15) is 0 Å². The quantitative estimate of drug-likeness (QED) is 0.624. The fourth-order valence-electron chi connectivity index (χ4n) is 5.12.